The number of hydrogen-bond donors (Lipinski definition) is 3. The number of hydrazine groups is 1. The van der Waals surface area contributed by atoms with Crippen LogP contribution in [0, 0.1) is 0 Å². The maximum absolute atomic E-state index is 14.8. The van der Waals surface area contributed by atoms with E-state index in [-0.39, 0.29) is 66.7 Å². The third-order valence-corrected chi connectivity index (χ3v) is 12.6. The van der Waals surface area contributed by atoms with E-state index in [4.69, 9.17) is 16.1 Å². The molecule has 2 atom stereocenters. The lowest BCUT2D eigenvalue weighted by molar-refractivity contribution is -0.189. The number of rotatable bonds is 13. The maximum atomic E-state index is 14.8. The van der Waals surface area contributed by atoms with Crippen LogP contribution in [0.4, 0.5) is 4.79 Å². The Morgan fingerprint density at radius 2 is 1.67 bits per heavy atom. The highest BCUT2D eigenvalue weighted by atomic mass is 35.5. The molecule has 0 radical (unpaired) electrons. The van der Waals surface area contributed by atoms with Gasteiger partial charge in [-0.15, -0.1) is 6.58 Å². The normalized spacial score (nSPS) is 17.4. The number of para-hydroxylation sites is 1. The zero-order valence-corrected chi connectivity index (χ0v) is 34.6. The van der Waals surface area contributed by atoms with Crippen molar-refractivity contribution in [2.45, 2.75) is 43.5 Å². The largest absolute Gasteiger partial charge is 0.524 e. The van der Waals surface area contributed by atoms with E-state index in [1.54, 1.807) is 29.3 Å². The first kappa shape index (κ1) is 42.3. The van der Waals surface area contributed by atoms with Crippen molar-refractivity contribution in [1.29, 1.82) is 0 Å². The van der Waals surface area contributed by atoms with Crippen LogP contribution < -0.4 is 9.84 Å². The summed E-state index contributed by atoms with van der Waals surface area (Å²) in [7, 11) is -9.17. The van der Waals surface area contributed by atoms with Crippen molar-refractivity contribution in [3.63, 3.8) is 0 Å². The van der Waals surface area contributed by atoms with Crippen LogP contribution in [0.5, 0.6) is 5.75 Å². The van der Waals surface area contributed by atoms with E-state index in [0.29, 0.717) is 21.5 Å². The molecule has 4 amide bonds. The number of nitrogens with zero attached hydrogens (tertiary/aromatic N) is 5. The maximum Gasteiger partial charge on any atom is 0.524 e. The average molecular weight is 875 g/mol. The molecule has 7 rings (SSSR count). The molecule has 60 heavy (non-hydrogen) atoms. The molecule has 0 saturated carbocycles. The number of ketones is 1. The monoisotopic (exact) mass is 874 g/mol. The highest BCUT2D eigenvalue weighted by Gasteiger charge is 2.51. The SMILES string of the molecule is C=CCN1CC(=O)N2[C@@H](Cc3ccc(OP(=O)(O)O)cc3)C(=O)N(Cc3cccc4c(C(C)=O)cn(S(=O)(=O)c5ccc(Cl)cc5)c34)C[C@@H]2N1C(=O)NCc1ccccc1. The Balaban J connectivity index is 1.32. The van der Waals surface area contributed by atoms with Crippen LogP contribution in [0.15, 0.2) is 121 Å². The summed E-state index contributed by atoms with van der Waals surface area (Å²) < 4.78 is 45.6. The van der Waals surface area contributed by atoms with Crippen LogP contribution in [0.25, 0.3) is 10.9 Å². The quantitative estimate of drug-likeness (QED) is 0.0823. The van der Waals surface area contributed by atoms with E-state index in [2.05, 4.69) is 11.9 Å². The minimum absolute atomic E-state index is 0.0747. The molecule has 2 saturated heterocycles. The van der Waals surface area contributed by atoms with Gasteiger partial charge in [0.2, 0.25) is 11.8 Å². The number of carbonyl (C=O) groups is 4. The lowest BCUT2D eigenvalue weighted by Gasteiger charge is -2.55. The molecular formula is C41H40ClN6O10PS. The van der Waals surface area contributed by atoms with E-state index in [1.807, 2.05) is 30.3 Å². The fraction of sp³-hybridized carbons (Fsp3) is 0.220. The number of piperazine rings is 1. The first-order valence-corrected chi connectivity index (χ1v) is 22.0. The molecular weight excluding hydrogens is 835 g/mol. The van der Waals surface area contributed by atoms with Crippen LogP contribution in [-0.4, -0.2) is 97.5 Å². The summed E-state index contributed by atoms with van der Waals surface area (Å²) >= 11 is 6.07. The summed E-state index contributed by atoms with van der Waals surface area (Å²) in [5.41, 5.74) is 2.00. The molecule has 2 fully saturated rings. The van der Waals surface area contributed by atoms with Crippen molar-refractivity contribution in [3.05, 3.63) is 143 Å². The Kier molecular flexibility index (Phi) is 12.0. The molecule has 2 aliphatic heterocycles. The predicted octanol–water partition coefficient (Wildman–Crippen LogP) is 4.94. The Labute approximate surface area is 350 Å². The van der Waals surface area contributed by atoms with E-state index >= 15 is 0 Å². The van der Waals surface area contributed by atoms with E-state index < -0.39 is 47.9 Å². The van der Waals surface area contributed by atoms with Gasteiger partial charge < -0.3 is 19.6 Å². The van der Waals surface area contributed by atoms with Gasteiger partial charge in [-0.25, -0.2) is 31.8 Å². The first-order valence-electron chi connectivity index (χ1n) is 18.6. The third kappa shape index (κ3) is 8.73. The number of hydrogen-bond acceptors (Lipinski definition) is 9. The Morgan fingerprint density at radius 1 is 0.967 bits per heavy atom. The third-order valence-electron chi connectivity index (χ3n) is 10.2. The molecule has 3 heterocycles. The van der Waals surface area contributed by atoms with Crippen LogP contribution in [-0.2, 0) is 43.7 Å². The van der Waals surface area contributed by atoms with Gasteiger partial charge in [0.15, 0.2) is 5.78 Å². The lowest BCUT2D eigenvalue weighted by Crippen LogP contribution is -2.76. The van der Waals surface area contributed by atoms with Gasteiger partial charge in [-0.1, -0.05) is 78.3 Å². The Hall–Kier alpha value is -5.81. The lowest BCUT2D eigenvalue weighted by atomic mass is 9.98. The number of phosphoric ester groups is 1. The number of amides is 4. The smallest absolute Gasteiger partial charge is 0.404 e. The molecule has 16 nitrogen and oxygen atoms in total. The number of halogens is 1. The number of urea groups is 1. The predicted molar refractivity (Wildman–Crippen MR) is 221 cm³/mol. The number of phosphoric acid groups is 1. The molecule has 4 aromatic carbocycles. The van der Waals surface area contributed by atoms with Gasteiger partial charge in [0.05, 0.1) is 23.5 Å². The van der Waals surface area contributed by atoms with Gasteiger partial charge in [-0.05, 0) is 60.0 Å². The first-order chi connectivity index (χ1) is 28.5. The molecule has 0 unspecified atom stereocenters. The molecule has 0 spiro atoms. The van der Waals surface area contributed by atoms with E-state index in [0.717, 1.165) is 9.54 Å². The number of carbonyl (C=O) groups excluding carboxylic acids is 4. The minimum atomic E-state index is -4.86. The van der Waals surface area contributed by atoms with Crippen molar-refractivity contribution < 1.29 is 46.5 Å². The second-order valence-electron chi connectivity index (χ2n) is 14.2. The summed E-state index contributed by atoms with van der Waals surface area (Å²) in [6, 6.07) is 23.6. The summed E-state index contributed by atoms with van der Waals surface area (Å²) in [4.78, 5) is 77.5. The van der Waals surface area contributed by atoms with Gasteiger partial charge in [0, 0.05) is 48.2 Å². The Morgan fingerprint density at radius 3 is 2.32 bits per heavy atom. The highest BCUT2D eigenvalue weighted by Crippen LogP contribution is 2.38. The van der Waals surface area contributed by atoms with Crippen LogP contribution in [0.3, 0.4) is 0 Å². The molecule has 3 N–H and O–H groups in total. The second kappa shape index (κ2) is 17.0. The summed E-state index contributed by atoms with van der Waals surface area (Å²) in [6.45, 7) is 4.77. The summed E-state index contributed by atoms with van der Waals surface area (Å²) in [6.07, 6.45) is 1.68. The van der Waals surface area contributed by atoms with Gasteiger partial charge in [0.25, 0.3) is 10.0 Å². The van der Waals surface area contributed by atoms with Crippen molar-refractivity contribution in [2.24, 2.45) is 0 Å². The molecule has 19 heteroatoms. The van der Waals surface area contributed by atoms with Crippen LogP contribution in [0.2, 0.25) is 5.02 Å². The zero-order valence-electron chi connectivity index (χ0n) is 32.1. The van der Waals surface area contributed by atoms with E-state index in [1.165, 1.54) is 76.5 Å². The minimum Gasteiger partial charge on any atom is -0.404 e. The Bertz CT molecular complexity index is 2640. The van der Waals surface area contributed by atoms with Crippen molar-refractivity contribution >= 4 is 64.0 Å². The van der Waals surface area contributed by atoms with Gasteiger partial charge in [-0.2, -0.15) is 0 Å². The topological polar surface area (TPSA) is 199 Å². The average Bonchev–Trinajstić information content (AvgIpc) is 3.62. The standard InChI is InChI=1S/C41H40ClN6O10PS/c1-3-20-45-26-38(50)47-36(21-28-12-16-32(17-13-28)58-59(53,54)55)40(51)44(25-37(47)48(45)41(52)43-22-29-8-5-4-6-9-29)23-30-10-7-11-34-35(27(2)49)24-46(39(30)34)60(56,57)33-18-14-31(42)15-19-33/h3-19,24,36-37H,1,20-23,25-26H2,2H3,(H,43,52)(H2,53,54,55)/t36-,37-/m0/s1. The molecule has 2 aliphatic rings. The van der Waals surface area contributed by atoms with Crippen molar-refractivity contribution in [1.82, 2.24) is 29.1 Å². The molecule has 312 valence electrons. The summed E-state index contributed by atoms with van der Waals surface area (Å²) in [5.74, 6) is -1.46. The second-order valence-corrected chi connectivity index (χ2v) is 17.7. The van der Waals surface area contributed by atoms with Gasteiger partial charge in [-0.3, -0.25) is 24.2 Å². The fourth-order valence-corrected chi connectivity index (χ4v) is 9.52. The highest BCUT2D eigenvalue weighted by molar-refractivity contribution is 7.90. The fourth-order valence-electron chi connectivity index (χ4n) is 7.59. The van der Waals surface area contributed by atoms with Crippen LogP contribution in [0.1, 0.15) is 34.0 Å². The zero-order chi connectivity index (χ0) is 42.9. The van der Waals surface area contributed by atoms with E-state index in [9.17, 15) is 41.9 Å². The van der Waals surface area contributed by atoms with Crippen molar-refractivity contribution in [2.75, 3.05) is 19.6 Å². The van der Waals surface area contributed by atoms with Gasteiger partial charge in [0.1, 0.15) is 18.0 Å². The summed E-state index contributed by atoms with van der Waals surface area (Å²) in [5, 5.41) is 6.54. The van der Waals surface area contributed by atoms with Gasteiger partial charge >= 0.3 is 13.9 Å². The van der Waals surface area contributed by atoms with Crippen LogP contribution >= 0.6 is 19.4 Å². The molecule has 0 aliphatic carbocycles. The number of Topliss-reactive ketones (excluding diaryl/α,β-unsaturated/α-hetero) is 1. The molecule has 5 aromatic rings. The molecule has 0 bridgehead atoms. The number of nitrogens with one attached hydrogen (secondary N) is 1. The number of benzene rings is 4. The number of aromatic nitrogens is 1. The van der Waals surface area contributed by atoms with Crippen molar-refractivity contribution in [3.8, 4) is 5.75 Å². The number of fused-ring (bicyclic) bond motifs is 2. The molecule has 1 aromatic heterocycles.